The van der Waals surface area contributed by atoms with Crippen LogP contribution in [0.4, 0.5) is 0 Å². The number of thiophene rings is 1. The second kappa shape index (κ2) is 9.99. The Morgan fingerprint density at radius 1 is 1.04 bits per heavy atom. The summed E-state index contributed by atoms with van der Waals surface area (Å²) in [6.45, 7) is 1.01. The first-order chi connectivity index (χ1) is 12.7. The monoisotopic (exact) mass is 409 g/mol. The summed E-state index contributed by atoms with van der Waals surface area (Å²) in [6.07, 6.45) is 1.09. The average Bonchev–Trinajstić information content (AvgIpc) is 3.11. The van der Waals surface area contributed by atoms with Crippen LogP contribution in [0.2, 0.25) is 0 Å². The number of ether oxygens (including phenoxy) is 1. The fraction of sp³-hybridized carbons (Fsp3) is 0.263. The van der Waals surface area contributed by atoms with Gasteiger partial charge in [0, 0.05) is 23.2 Å². The molecule has 0 bridgehead atoms. The zero-order chi connectivity index (χ0) is 19.9. The molecule has 0 saturated carbocycles. The number of hydrogen-bond acceptors (Lipinski definition) is 4. The van der Waals surface area contributed by atoms with Gasteiger partial charge in [-0.15, -0.1) is 11.3 Å². The zero-order valence-corrected chi connectivity index (χ0v) is 16.9. The molecule has 0 amide bonds. The summed E-state index contributed by atoms with van der Waals surface area (Å²) in [4.78, 5) is 25.1. The number of hydrogen-bond donors (Lipinski definition) is 3. The smallest absolute Gasteiger partial charge is 0.466 e. The van der Waals surface area contributed by atoms with Crippen molar-refractivity contribution in [3.05, 3.63) is 64.9 Å². The van der Waals surface area contributed by atoms with Crippen LogP contribution < -0.4 is 4.74 Å². The van der Waals surface area contributed by atoms with Crippen LogP contribution in [0.15, 0.2) is 60.0 Å². The Balaban J connectivity index is 0.000000465. The van der Waals surface area contributed by atoms with E-state index in [1.807, 2.05) is 0 Å². The number of rotatable bonds is 6. The van der Waals surface area contributed by atoms with Gasteiger partial charge in [0.15, 0.2) is 0 Å². The maximum atomic E-state index is 8.88. The Morgan fingerprint density at radius 3 is 2.33 bits per heavy atom. The normalized spacial score (nSPS) is 12.5. The Labute approximate surface area is 162 Å². The minimum atomic E-state index is -4.64. The van der Waals surface area contributed by atoms with Gasteiger partial charge in [-0.2, -0.15) is 0 Å². The summed E-state index contributed by atoms with van der Waals surface area (Å²) >= 11 is 1.76. The molecule has 1 unspecified atom stereocenters. The molecule has 3 N–H and O–H groups in total. The lowest BCUT2D eigenvalue weighted by Gasteiger charge is -2.21. The van der Waals surface area contributed by atoms with Crippen molar-refractivity contribution in [2.24, 2.45) is 0 Å². The van der Waals surface area contributed by atoms with Crippen molar-refractivity contribution < 1.29 is 24.0 Å². The molecule has 1 atom stereocenters. The first-order valence-corrected chi connectivity index (χ1v) is 10.8. The fourth-order valence-electron chi connectivity index (χ4n) is 2.56. The standard InChI is InChI=1S/C19H21NOS.H3O4P/c1-20(2)13-12-18(19-11-6-14-22-19)21-17-10-5-8-15-7-3-4-9-16(15)17;1-5(2,3)4/h3-11,14,18H,12-13H2,1-2H3;(H3,1,2,3,4). The van der Waals surface area contributed by atoms with Gasteiger partial charge in [-0.25, -0.2) is 4.57 Å². The molecule has 1 heterocycles. The largest absolute Gasteiger partial charge is 0.484 e. The van der Waals surface area contributed by atoms with Crippen molar-refractivity contribution in [2.75, 3.05) is 20.6 Å². The summed E-state index contributed by atoms with van der Waals surface area (Å²) in [5, 5.41) is 4.51. The lowest BCUT2D eigenvalue weighted by atomic mass is 10.1. The van der Waals surface area contributed by atoms with Gasteiger partial charge in [0.25, 0.3) is 0 Å². The molecule has 2 aromatic carbocycles. The molecule has 146 valence electrons. The summed E-state index contributed by atoms with van der Waals surface area (Å²) in [5.74, 6) is 0.968. The van der Waals surface area contributed by atoms with Gasteiger partial charge in [-0.05, 0) is 37.0 Å². The Hall–Kier alpha value is -1.73. The van der Waals surface area contributed by atoms with Crippen LogP contribution in [0.3, 0.4) is 0 Å². The third-order valence-electron chi connectivity index (χ3n) is 3.72. The zero-order valence-electron chi connectivity index (χ0n) is 15.2. The topological polar surface area (TPSA) is 90.2 Å². The summed E-state index contributed by atoms with van der Waals surface area (Å²) in [6, 6.07) is 18.9. The summed E-state index contributed by atoms with van der Waals surface area (Å²) in [5.41, 5.74) is 0. The first kappa shape index (κ1) is 21.6. The molecule has 3 rings (SSSR count). The molecule has 1 aromatic heterocycles. The molecule has 8 heteroatoms. The van der Waals surface area contributed by atoms with Crippen molar-refractivity contribution in [1.82, 2.24) is 4.90 Å². The molecular weight excluding hydrogens is 385 g/mol. The Morgan fingerprint density at radius 2 is 1.70 bits per heavy atom. The van der Waals surface area contributed by atoms with Crippen LogP contribution in [0.25, 0.3) is 10.8 Å². The van der Waals surface area contributed by atoms with Crippen molar-refractivity contribution in [2.45, 2.75) is 12.5 Å². The van der Waals surface area contributed by atoms with Crippen LogP contribution in [-0.4, -0.2) is 40.2 Å². The predicted molar refractivity (Wildman–Crippen MR) is 109 cm³/mol. The molecule has 0 spiro atoms. The van der Waals surface area contributed by atoms with Crippen molar-refractivity contribution >= 4 is 29.9 Å². The molecule has 0 aliphatic rings. The molecule has 6 nitrogen and oxygen atoms in total. The molecule has 0 radical (unpaired) electrons. The highest BCUT2D eigenvalue weighted by molar-refractivity contribution is 7.45. The Bertz CT molecular complexity index is 865. The van der Waals surface area contributed by atoms with E-state index >= 15 is 0 Å². The molecule has 0 aliphatic heterocycles. The fourth-order valence-corrected chi connectivity index (χ4v) is 3.35. The average molecular weight is 409 g/mol. The highest BCUT2D eigenvalue weighted by Gasteiger charge is 2.16. The van der Waals surface area contributed by atoms with Crippen molar-refractivity contribution in [3.8, 4) is 5.75 Å². The molecular formula is C19H24NO5PS. The Kier molecular flexibility index (Phi) is 7.98. The van der Waals surface area contributed by atoms with Gasteiger partial charge in [-0.3, -0.25) is 0 Å². The highest BCUT2D eigenvalue weighted by atomic mass is 32.1. The van der Waals surface area contributed by atoms with Gasteiger partial charge >= 0.3 is 7.82 Å². The molecule has 3 aromatic rings. The van der Waals surface area contributed by atoms with E-state index < -0.39 is 7.82 Å². The molecule has 0 fully saturated rings. The third kappa shape index (κ3) is 7.81. The van der Waals surface area contributed by atoms with Gasteiger partial charge in [0.1, 0.15) is 11.9 Å². The van der Waals surface area contributed by atoms with E-state index in [-0.39, 0.29) is 6.10 Å². The van der Waals surface area contributed by atoms with Crippen LogP contribution in [-0.2, 0) is 4.57 Å². The third-order valence-corrected chi connectivity index (χ3v) is 4.68. The van der Waals surface area contributed by atoms with Crippen LogP contribution in [0.1, 0.15) is 17.4 Å². The number of benzene rings is 2. The quantitative estimate of drug-likeness (QED) is 0.533. The van der Waals surface area contributed by atoms with E-state index in [9.17, 15) is 0 Å². The van der Waals surface area contributed by atoms with Gasteiger partial charge in [-0.1, -0.05) is 42.5 Å². The second-order valence-electron chi connectivity index (χ2n) is 6.20. The second-order valence-corrected chi connectivity index (χ2v) is 8.21. The SMILES string of the molecule is CN(C)CCC(Oc1cccc2ccccc12)c1cccs1.O=P(O)(O)O. The maximum absolute atomic E-state index is 8.88. The van der Waals surface area contributed by atoms with E-state index in [0.717, 1.165) is 18.7 Å². The van der Waals surface area contributed by atoms with Crippen LogP contribution in [0.5, 0.6) is 5.75 Å². The van der Waals surface area contributed by atoms with Gasteiger partial charge < -0.3 is 24.3 Å². The van der Waals surface area contributed by atoms with E-state index in [4.69, 9.17) is 24.0 Å². The van der Waals surface area contributed by atoms with Crippen LogP contribution in [0, 0.1) is 0 Å². The first-order valence-electron chi connectivity index (χ1n) is 8.35. The van der Waals surface area contributed by atoms with E-state index in [1.54, 1.807) is 11.3 Å². The van der Waals surface area contributed by atoms with Crippen LogP contribution >= 0.6 is 19.2 Å². The minimum absolute atomic E-state index is 0.105. The van der Waals surface area contributed by atoms with E-state index in [1.165, 1.54) is 15.6 Å². The maximum Gasteiger partial charge on any atom is 0.466 e. The van der Waals surface area contributed by atoms with Gasteiger partial charge in [0.2, 0.25) is 0 Å². The highest BCUT2D eigenvalue weighted by Crippen LogP contribution is 2.32. The molecule has 0 saturated heterocycles. The predicted octanol–water partition coefficient (Wildman–Crippen LogP) is 4.04. The summed E-state index contributed by atoms with van der Waals surface area (Å²) in [7, 11) is -0.438. The number of fused-ring (bicyclic) bond motifs is 1. The lowest BCUT2D eigenvalue weighted by Crippen LogP contribution is -2.18. The number of phosphoric acid groups is 1. The van der Waals surface area contributed by atoms with E-state index in [0.29, 0.717) is 0 Å². The summed E-state index contributed by atoms with van der Waals surface area (Å²) < 4.78 is 15.3. The lowest BCUT2D eigenvalue weighted by molar-refractivity contribution is 0.185. The molecule has 0 aliphatic carbocycles. The van der Waals surface area contributed by atoms with Crippen molar-refractivity contribution in [1.29, 1.82) is 0 Å². The van der Waals surface area contributed by atoms with E-state index in [2.05, 4.69) is 79.0 Å². The van der Waals surface area contributed by atoms with Gasteiger partial charge in [0.05, 0.1) is 0 Å². The minimum Gasteiger partial charge on any atom is -0.484 e. The van der Waals surface area contributed by atoms with Crippen molar-refractivity contribution in [3.63, 3.8) is 0 Å². The molecule has 27 heavy (non-hydrogen) atoms. The number of nitrogens with zero attached hydrogens (tertiary/aromatic N) is 1.